The number of hydrogen-bond acceptors (Lipinski definition) is 1. The van der Waals surface area contributed by atoms with Crippen molar-refractivity contribution >= 4 is 0 Å². The smallest absolute Gasteiger partial charge is 0.123 e. The van der Waals surface area contributed by atoms with E-state index in [1.54, 1.807) is 12.1 Å². The molecule has 0 aliphatic carbocycles. The van der Waals surface area contributed by atoms with Gasteiger partial charge in [0.15, 0.2) is 0 Å². The van der Waals surface area contributed by atoms with Crippen molar-refractivity contribution in [3.63, 3.8) is 0 Å². The highest BCUT2D eigenvalue weighted by atomic mass is 19.1. The van der Waals surface area contributed by atoms with Crippen LogP contribution in [0.2, 0.25) is 0 Å². The predicted octanol–water partition coefficient (Wildman–Crippen LogP) is 2.33. The summed E-state index contributed by atoms with van der Waals surface area (Å²) >= 11 is 0. The summed E-state index contributed by atoms with van der Waals surface area (Å²) in [5.74, 6) is 0.250. The van der Waals surface area contributed by atoms with Crippen LogP contribution in [0.1, 0.15) is 17.9 Å². The van der Waals surface area contributed by atoms with E-state index in [-0.39, 0.29) is 5.82 Å². The second-order valence-corrected chi connectivity index (χ2v) is 3.12. The summed E-state index contributed by atoms with van der Waals surface area (Å²) in [5, 5.41) is 0. The molecule has 0 spiro atoms. The average molecular weight is 166 g/mol. The minimum Gasteiger partial charge on any atom is -0.381 e. The van der Waals surface area contributed by atoms with Crippen molar-refractivity contribution in [1.82, 2.24) is 0 Å². The standard InChI is InChI=1S/C10H11FO/c11-10-3-1-2-8(6-10)9-4-5-12-7-9/h1-3,6,9H,4-5,7H2. The van der Waals surface area contributed by atoms with Gasteiger partial charge < -0.3 is 4.74 Å². The van der Waals surface area contributed by atoms with E-state index in [9.17, 15) is 4.39 Å². The van der Waals surface area contributed by atoms with Gasteiger partial charge in [-0.1, -0.05) is 12.1 Å². The van der Waals surface area contributed by atoms with Gasteiger partial charge in [0.25, 0.3) is 0 Å². The lowest BCUT2D eigenvalue weighted by atomic mass is 9.99. The third-order valence-corrected chi connectivity index (χ3v) is 2.25. The minimum atomic E-state index is -0.153. The first-order valence-electron chi connectivity index (χ1n) is 4.19. The number of rotatable bonds is 1. The van der Waals surface area contributed by atoms with E-state index in [4.69, 9.17) is 4.74 Å². The molecule has 1 atom stereocenters. The summed E-state index contributed by atoms with van der Waals surface area (Å²) in [4.78, 5) is 0. The highest BCUT2D eigenvalue weighted by Crippen LogP contribution is 2.25. The predicted molar refractivity (Wildman–Crippen MR) is 44.6 cm³/mol. The molecule has 1 fully saturated rings. The maximum atomic E-state index is 12.8. The van der Waals surface area contributed by atoms with Crippen molar-refractivity contribution in [2.45, 2.75) is 12.3 Å². The van der Waals surface area contributed by atoms with Gasteiger partial charge in [0.05, 0.1) is 6.61 Å². The zero-order valence-corrected chi connectivity index (χ0v) is 6.79. The van der Waals surface area contributed by atoms with Crippen LogP contribution in [-0.2, 0) is 4.74 Å². The molecule has 0 radical (unpaired) electrons. The Morgan fingerprint density at radius 3 is 3.00 bits per heavy atom. The molecule has 1 nitrogen and oxygen atoms in total. The Balaban J connectivity index is 2.21. The molecule has 2 rings (SSSR count). The third-order valence-electron chi connectivity index (χ3n) is 2.25. The van der Waals surface area contributed by atoms with Crippen LogP contribution in [0.3, 0.4) is 0 Å². The van der Waals surface area contributed by atoms with Crippen molar-refractivity contribution in [3.8, 4) is 0 Å². The summed E-state index contributed by atoms with van der Waals surface area (Å²) in [5.41, 5.74) is 1.06. The maximum absolute atomic E-state index is 12.8. The highest BCUT2D eigenvalue weighted by molar-refractivity contribution is 5.21. The first-order valence-corrected chi connectivity index (χ1v) is 4.19. The van der Waals surface area contributed by atoms with Gasteiger partial charge in [0, 0.05) is 12.5 Å². The second-order valence-electron chi connectivity index (χ2n) is 3.12. The fraction of sp³-hybridized carbons (Fsp3) is 0.400. The molecule has 2 heteroatoms. The van der Waals surface area contributed by atoms with Crippen LogP contribution < -0.4 is 0 Å². The number of ether oxygens (including phenoxy) is 1. The van der Waals surface area contributed by atoms with E-state index in [0.29, 0.717) is 5.92 Å². The molecular weight excluding hydrogens is 155 g/mol. The molecule has 64 valence electrons. The largest absolute Gasteiger partial charge is 0.381 e. The van der Waals surface area contributed by atoms with Gasteiger partial charge in [-0.25, -0.2) is 4.39 Å². The number of halogens is 1. The van der Waals surface area contributed by atoms with Crippen molar-refractivity contribution in [3.05, 3.63) is 35.6 Å². The Hall–Kier alpha value is -0.890. The molecule has 1 unspecified atom stereocenters. The lowest BCUT2D eigenvalue weighted by Gasteiger charge is -2.06. The molecule has 12 heavy (non-hydrogen) atoms. The van der Waals surface area contributed by atoms with Crippen LogP contribution in [0.5, 0.6) is 0 Å². The minimum absolute atomic E-state index is 0.153. The summed E-state index contributed by atoms with van der Waals surface area (Å²) in [6.07, 6.45) is 1.02. The zero-order valence-electron chi connectivity index (χ0n) is 6.79. The normalized spacial score (nSPS) is 22.9. The molecule has 1 aliphatic rings. The van der Waals surface area contributed by atoms with Crippen LogP contribution >= 0.6 is 0 Å². The van der Waals surface area contributed by atoms with Gasteiger partial charge in [0.2, 0.25) is 0 Å². The Labute approximate surface area is 71.2 Å². The van der Waals surface area contributed by atoms with E-state index >= 15 is 0 Å². The lowest BCUT2D eigenvalue weighted by Crippen LogP contribution is -1.97. The van der Waals surface area contributed by atoms with E-state index in [1.807, 2.05) is 6.07 Å². The van der Waals surface area contributed by atoms with E-state index in [0.717, 1.165) is 25.2 Å². The monoisotopic (exact) mass is 166 g/mol. The number of benzene rings is 1. The van der Waals surface area contributed by atoms with Crippen LogP contribution in [0.4, 0.5) is 4.39 Å². The van der Waals surface area contributed by atoms with Crippen LogP contribution in [0.15, 0.2) is 24.3 Å². The van der Waals surface area contributed by atoms with E-state index in [1.165, 1.54) is 6.07 Å². The van der Waals surface area contributed by atoms with Crippen LogP contribution in [0.25, 0.3) is 0 Å². The Kier molecular flexibility index (Phi) is 2.09. The molecule has 1 saturated heterocycles. The first kappa shape index (κ1) is 7.74. The van der Waals surface area contributed by atoms with Gasteiger partial charge >= 0.3 is 0 Å². The highest BCUT2D eigenvalue weighted by Gasteiger charge is 2.17. The first-order chi connectivity index (χ1) is 5.86. The molecule has 0 aromatic heterocycles. The fourth-order valence-corrected chi connectivity index (χ4v) is 1.56. The Bertz CT molecular complexity index is 266. The van der Waals surface area contributed by atoms with Gasteiger partial charge in [0.1, 0.15) is 5.82 Å². The van der Waals surface area contributed by atoms with Crippen molar-refractivity contribution in [2.24, 2.45) is 0 Å². The van der Waals surface area contributed by atoms with Gasteiger partial charge in [-0.15, -0.1) is 0 Å². The fourth-order valence-electron chi connectivity index (χ4n) is 1.56. The van der Waals surface area contributed by atoms with Gasteiger partial charge in [-0.2, -0.15) is 0 Å². The zero-order chi connectivity index (χ0) is 8.39. The molecule has 1 aromatic carbocycles. The van der Waals surface area contributed by atoms with Crippen LogP contribution in [0, 0.1) is 5.82 Å². The summed E-state index contributed by atoms with van der Waals surface area (Å²) in [6, 6.07) is 6.78. The Morgan fingerprint density at radius 2 is 2.33 bits per heavy atom. The third kappa shape index (κ3) is 1.48. The van der Waals surface area contributed by atoms with E-state index < -0.39 is 0 Å². The van der Waals surface area contributed by atoms with Crippen LogP contribution in [-0.4, -0.2) is 13.2 Å². The Morgan fingerprint density at radius 1 is 1.42 bits per heavy atom. The van der Waals surface area contributed by atoms with Gasteiger partial charge in [-0.3, -0.25) is 0 Å². The SMILES string of the molecule is Fc1cccc(C2CCOC2)c1. The topological polar surface area (TPSA) is 9.23 Å². The molecule has 1 aromatic rings. The maximum Gasteiger partial charge on any atom is 0.123 e. The quantitative estimate of drug-likeness (QED) is 0.622. The lowest BCUT2D eigenvalue weighted by molar-refractivity contribution is 0.194. The summed E-state index contributed by atoms with van der Waals surface area (Å²) in [7, 11) is 0. The summed E-state index contributed by atoms with van der Waals surface area (Å²) in [6.45, 7) is 1.55. The molecule has 0 amide bonds. The average Bonchev–Trinajstić information content (AvgIpc) is 2.56. The van der Waals surface area contributed by atoms with Crippen molar-refractivity contribution in [1.29, 1.82) is 0 Å². The molecule has 1 heterocycles. The second kappa shape index (κ2) is 3.23. The molecule has 0 bridgehead atoms. The molecule has 0 N–H and O–H groups in total. The number of hydrogen-bond donors (Lipinski definition) is 0. The van der Waals surface area contributed by atoms with Crippen molar-refractivity contribution < 1.29 is 9.13 Å². The molecule has 0 saturated carbocycles. The van der Waals surface area contributed by atoms with Crippen molar-refractivity contribution in [2.75, 3.05) is 13.2 Å². The molecule has 1 aliphatic heterocycles. The summed E-state index contributed by atoms with van der Waals surface area (Å²) < 4.78 is 18.0. The van der Waals surface area contributed by atoms with E-state index in [2.05, 4.69) is 0 Å². The van der Waals surface area contributed by atoms with Gasteiger partial charge in [-0.05, 0) is 24.1 Å². The molecular formula is C10H11FO.